The minimum absolute atomic E-state index is 0.380. The maximum absolute atomic E-state index is 3.72. The van der Waals surface area contributed by atoms with Crippen molar-refractivity contribution in [2.24, 2.45) is 0 Å². The quantitative estimate of drug-likeness (QED) is 0.796. The molecule has 0 fully saturated rings. The number of anilines is 2. The molecule has 2 rings (SSSR count). The first-order chi connectivity index (χ1) is 11.1. The Morgan fingerprint density at radius 2 is 1.43 bits per heavy atom. The second kappa shape index (κ2) is 8.59. The summed E-state index contributed by atoms with van der Waals surface area (Å²) in [6, 6.07) is 21.8. The molecule has 0 radical (unpaired) electrons. The first-order valence-corrected chi connectivity index (χ1v) is 8.32. The van der Waals surface area contributed by atoms with Crippen LogP contribution in [0.4, 0.5) is 11.4 Å². The Morgan fingerprint density at radius 1 is 0.870 bits per heavy atom. The Kier molecular flexibility index (Phi) is 6.48. The van der Waals surface area contributed by atoms with Crippen LogP contribution in [-0.4, -0.2) is 44.7 Å². The van der Waals surface area contributed by atoms with Crippen molar-refractivity contribution in [3.63, 3.8) is 0 Å². The molecule has 0 bridgehead atoms. The molecule has 2 aromatic rings. The van der Waals surface area contributed by atoms with Crippen molar-refractivity contribution < 1.29 is 0 Å². The van der Waals surface area contributed by atoms with Gasteiger partial charge >= 0.3 is 0 Å². The van der Waals surface area contributed by atoms with Crippen LogP contribution in [0.2, 0.25) is 0 Å². The van der Waals surface area contributed by atoms with Crippen LogP contribution < -0.4 is 10.2 Å². The highest BCUT2D eigenvalue weighted by atomic mass is 15.2. The summed E-state index contributed by atoms with van der Waals surface area (Å²) in [6.45, 7) is 3.36. The number of nitrogens with zero attached hydrogens (tertiary/aromatic N) is 2. The minimum atomic E-state index is 0.380. The molecule has 3 heteroatoms. The predicted octanol–water partition coefficient (Wildman–Crippen LogP) is 3.94. The van der Waals surface area contributed by atoms with E-state index in [4.69, 9.17) is 0 Å². The molecule has 0 amide bonds. The van der Waals surface area contributed by atoms with Gasteiger partial charge in [0.25, 0.3) is 0 Å². The third kappa shape index (κ3) is 5.29. The van der Waals surface area contributed by atoms with Crippen LogP contribution in [0.5, 0.6) is 0 Å². The van der Waals surface area contributed by atoms with Crippen molar-refractivity contribution in [2.75, 3.05) is 37.9 Å². The van der Waals surface area contributed by atoms with Gasteiger partial charge in [0.1, 0.15) is 0 Å². The van der Waals surface area contributed by atoms with Gasteiger partial charge in [-0.1, -0.05) is 36.4 Å². The van der Waals surface area contributed by atoms with E-state index in [1.165, 1.54) is 11.4 Å². The van der Waals surface area contributed by atoms with Gasteiger partial charge in [0.05, 0.1) is 0 Å². The lowest BCUT2D eigenvalue weighted by atomic mass is 10.0. The molecule has 0 saturated heterocycles. The Morgan fingerprint density at radius 3 is 2.00 bits per heavy atom. The molecular weight excluding hydrogens is 282 g/mol. The Hall–Kier alpha value is -2.00. The second-order valence-electron chi connectivity index (χ2n) is 6.40. The van der Waals surface area contributed by atoms with E-state index in [9.17, 15) is 0 Å². The van der Waals surface area contributed by atoms with Gasteiger partial charge in [-0.2, -0.15) is 0 Å². The number of benzene rings is 2. The molecule has 0 spiro atoms. The highest BCUT2D eigenvalue weighted by Gasteiger charge is 2.21. The number of likely N-dealkylation sites (N-methyl/N-ethyl adjacent to an activating group) is 1. The highest BCUT2D eigenvalue weighted by Crippen LogP contribution is 2.20. The molecule has 0 aliphatic heterocycles. The average molecular weight is 311 g/mol. The second-order valence-corrected chi connectivity index (χ2v) is 6.40. The summed E-state index contributed by atoms with van der Waals surface area (Å²) in [4.78, 5) is 4.60. The van der Waals surface area contributed by atoms with Gasteiger partial charge < -0.3 is 15.1 Å². The minimum Gasteiger partial charge on any atom is -0.380 e. The monoisotopic (exact) mass is 311 g/mol. The molecule has 1 unspecified atom stereocenters. The molecular formula is C20H29N3. The van der Waals surface area contributed by atoms with E-state index < -0.39 is 0 Å². The lowest BCUT2D eigenvalue weighted by Crippen LogP contribution is -2.44. The number of rotatable bonds is 8. The summed E-state index contributed by atoms with van der Waals surface area (Å²) in [6.07, 6.45) is 1.10. The number of nitrogens with one attached hydrogen (secondary N) is 1. The summed E-state index contributed by atoms with van der Waals surface area (Å²) in [5, 5.41) is 3.72. The van der Waals surface area contributed by atoms with Crippen LogP contribution >= 0.6 is 0 Å². The van der Waals surface area contributed by atoms with E-state index in [-0.39, 0.29) is 0 Å². The summed E-state index contributed by atoms with van der Waals surface area (Å²) in [5.74, 6) is 0. The van der Waals surface area contributed by atoms with Gasteiger partial charge in [-0.05, 0) is 58.3 Å². The topological polar surface area (TPSA) is 18.5 Å². The van der Waals surface area contributed by atoms with Gasteiger partial charge in [0, 0.05) is 30.5 Å². The van der Waals surface area contributed by atoms with E-state index in [0.29, 0.717) is 12.1 Å². The average Bonchev–Trinajstić information content (AvgIpc) is 2.59. The zero-order valence-corrected chi connectivity index (χ0v) is 14.7. The van der Waals surface area contributed by atoms with Crippen molar-refractivity contribution in [2.45, 2.75) is 25.4 Å². The molecule has 2 atom stereocenters. The van der Waals surface area contributed by atoms with E-state index in [1.807, 2.05) is 0 Å². The number of hydrogen-bond acceptors (Lipinski definition) is 3. The third-order valence-electron chi connectivity index (χ3n) is 4.37. The van der Waals surface area contributed by atoms with Crippen LogP contribution in [0.25, 0.3) is 0 Å². The SMILES string of the molecule is CC([C@@H](CCN(C)C)Nc1ccccc1)N(C)c1ccccc1. The molecule has 3 nitrogen and oxygen atoms in total. The van der Waals surface area contributed by atoms with Crippen molar-refractivity contribution in [1.82, 2.24) is 4.90 Å². The van der Waals surface area contributed by atoms with Crippen molar-refractivity contribution in [1.29, 1.82) is 0 Å². The molecule has 0 aromatic heterocycles. The van der Waals surface area contributed by atoms with Gasteiger partial charge in [-0.15, -0.1) is 0 Å². The van der Waals surface area contributed by atoms with E-state index in [0.717, 1.165) is 13.0 Å². The summed E-state index contributed by atoms with van der Waals surface area (Å²) >= 11 is 0. The van der Waals surface area contributed by atoms with E-state index in [1.54, 1.807) is 0 Å². The largest absolute Gasteiger partial charge is 0.380 e. The zero-order valence-electron chi connectivity index (χ0n) is 14.7. The maximum atomic E-state index is 3.72. The fourth-order valence-electron chi connectivity index (χ4n) is 2.75. The van der Waals surface area contributed by atoms with Crippen LogP contribution in [0.3, 0.4) is 0 Å². The lowest BCUT2D eigenvalue weighted by Gasteiger charge is -2.35. The normalized spacial score (nSPS) is 13.6. The van der Waals surface area contributed by atoms with E-state index >= 15 is 0 Å². The Balaban J connectivity index is 2.11. The predicted molar refractivity (Wildman–Crippen MR) is 101 cm³/mol. The lowest BCUT2D eigenvalue weighted by molar-refractivity contribution is 0.373. The zero-order chi connectivity index (χ0) is 16.7. The van der Waals surface area contributed by atoms with Crippen molar-refractivity contribution in [3.8, 4) is 0 Å². The van der Waals surface area contributed by atoms with Crippen LogP contribution in [0.15, 0.2) is 60.7 Å². The van der Waals surface area contributed by atoms with Gasteiger partial charge in [0.2, 0.25) is 0 Å². The van der Waals surface area contributed by atoms with Gasteiger partial charge in [0.15, 0.2) is 0 Å². The van der Waals surface area contributed by atoms with Crippen LogP contribution in [0, 0.1) is 0 Å². The fourth-order valence-corrected chi connectivity index (χ4v) is 2.75. The van der Waals surface area contributed by atoms with E-state index in [2.05, 4.69) is 104 Å². The van der Waals surface area contributed by atoms with Gasteiger partial charge in [-0.25, -0.2) is 0 Å². The first kappa shape index (κ1) is 17.4. The standard InChI is InChI=1S/C20H29N3/c1-17(23(4)19-13-9-6-10-14-19)20(15-16-22(2)3)21-18-11-7-5-8-12-18/h5-14,17,20-21H,15-16H2,1-4H3/t17?,20-/m1/s1. The number of hydrogen-bond donors (Lipinski definition) is 1. The smallest absolute Gasteiger partial charge is 0.0474 e. The van der Waals surface area contributed by atoms with Gasteiger partial charge in [-0.3, -0.25) is 0 Å². The molecule has 124 valence electrons. The van der Waals surface area contributed by atoms with Crippen molar-refractivity contribution in [3.05, 3.63) is 60.7 Å². The molecule has 2 aromatic carbocycles. The van der Waals surface area contributed by atoms with Crippen LogP contribution in [-0.2, 0) is 0 Å². The Labute approximate surface area is 140 Å². The number of para-hydroxylation sites is 2. The first-order valence-electron chi connectivity index (χ1n) is 8.32. The summed E-state index contributed by atoms with van der Waals surface area (Å²) in [5.41, 5.74) is 2.44. The Bertz CT molecular complexity index is 554. The summed E-state index contributed by atoms with van der Waals surface area (Å²) < 4.78 is 0. The maximum Gasteiger partial charge on any atom is 0.0474 e. The molecule has 23 heavy (non-hydrogen) atoms. The third-order valence-corrected chi connectivity index (χ3v) is 4.37. The molecule has 0 aliphatic rings. The molecule has 0 aliphatic carbocycles. The summed E-state index contributed by atoms with van der Waals surface area (Å²) in [7, 11) is 6.44. The highest BCUT2D eigenvalue weighted by molar-refractivity contribution is 5.48. The molecule has 0 heterocycles. The van der Waals surface area contributed by atoms with Crippen LogP contribution in [0.1, 0.15) is 13.3 Å². The molecule has 0 saturated carbocycles. The van der Waals surface area contributed by atoms with Crippen molar-refractivity contribution >= 4 is 11.4 Å². The fraction of sp³-hybridized carbons (Fsp3) is 0.400. The molecule has 1 N–H and O–H groups in total.